The molecular weight excluding hydrogens is 344 g/mol. The van der Waals surface area contributed by atoms with Gasteiger partial charge in [-0.05, 0) is 36.4 Å². The third kappa shape index (κ3) is 3.98. The minimum Gasteiger partial charge on any atom is -0.378 e. The highest BCUT2D eigenvalue weighted by atomic mass is 16.5. The van der Waals surface area contributed by atoms with E-state index in [0.717, 1.165) is 5.65 Å². The minimum absolute atomic E-state index is 0.0131. The Hall–Kier alpha value is -3.19. The zero-order valence-electron chi connectivity index (χ0n) is 14.8. The van der Waals surface area contributed by atoms with E-state index in [-0.39, 0.29) is 18.2 Å². The number of imidazole rings is 1. The molecule has 4 rings (SSSR count). The summed E-state index contributed by atoms with van der Waals surface area (Å²) in [6.45, 7) is 2.36. The molecule has 3 heterocycles. The summed E-state index contributed by atoms with van der Waals surface area (Å²) in [6, 6.07) is 12.7. The SMILES string of the molecule is O=C(Cc1cn2ccccc2n1)Nc1ccc(C(=O)N2CCOCC2)cc1. The Bertz CT molecular complexity index is 926. The summed E-state index contributed by atoms with van der Waals surface area (Å²) in [6.07, 6.45) is 3.93. The van der Waals surface area contributed by atoms with Crippen molar-refractivity contribution in [1.82, 2.24) is 14.3 Å². The van der Waals surface area contributed by atoms with Crippen molar-refractivity contribution in [3.8, 4) is 0 Å². The number of hydrogen-bond acceptors (Lipinski definition) is 4. The largest absolute Gasteiger partial charge is 0.378 e. The van der Waals surface area contributed by atoms with Crippen LogP contribution >= 0.6 is 0 Å². The van der Waals surface area contributed by atoms with Gasteiger partial charge in [-0.1, -0.05) is 6.07 Å². The lowest BCUT2D eigenvalue weighted by atomic mass is 10.1. The van der Waals surface area contributed by atoms with E-state index in [2.05, 4.69) is 10.3 Å². The van der Waals surface area contributed by atoms with Crippen LogP contribution in [0.4, 0.5) is 5.69 Å². The summed E-state index contributed by atoms with van der Waals surface area (Å²) in [4.78, 5) is 30.9. The smallest absolute Gasteiger partial charge is 0.254 e. The number of carbonyl (C=O) groups is 2. The van der Waals surface area contributed by atoms with E-state index in [1.54, 1.807) is 29.2 Å². The highest BCUT2D eigenvalue weighted by molar-refractivity contribution is 5.96. The van der Waals surface area contributed by atoms with Crippen LogP contribution in [0.25, 0.3) is 5.65 Å². The molecule has 2 amide bonds. The molecule has 0 radical (unpaired) electrons. The maximum atomic E-state index is 12.4. The number of aromatic nitrogens is 2. The van der Waals surface area contributed by atoms with E-state index in [4.69, 9.17) is 4.74 Å². The standard InChI is InChI=1S/C20H20N4O3/c25-19(13-17-14-24-8-2-1-3-18(24)21-17)22-16-6-4-15(5-7-16)20(26)23-9-11-27-12-10-23/h1-8,14H,9-13H2,(H,22,25). The maximum absolute atomic E-state index is 12.4. The molecule has 0 spiro atoms. The van der Waals surface area contributed by atoms with E-state index in [1.807, 2.05) is 35.0 Å². The number of anilines is 1. The van der Waals surface area contributed by atoms with Gasteiger partial charge < -0.3 is 19.4 Å². The number of rotatable bonds is 4. The number of hydrogen-bond donors (Lipinski definition) is 1. The van der Waals surface area contributed by atoms with E-state index in [1.165, 1.54) is 0 Å². The van der Waals surface area contributed by atoms with Crippen LogP contribution in [0.1, 0.15) is 16.1 Å². The predicted octanol–water partition coefficient (Wildman–Crippen LogP) is 1.99. The molecule has 1 N–H and O–H groups in total. The third-order valence-electron chi connectivity index (χ3n) is 4.47. The second kappa shape index (κ2) is 7.59. The van der Waals surface area contributed by atoms with Gasteiger partial charge in [0.05, 0.1) is 25.3 Å². The summed E-state index contributed by atoms with van der Waals surface area (Å²) in [5.74, 6) is -0.161. The summed E-state index contributed by atoms with van der Waals surface area (Å²) in [5.41, 5.74) is 2.78. The number of ether oxygens (including phenoxy) is 1. The first-order valence-corrected chi connectivity index (χ1v) is 8.88. The van der Waals surface area contributed by atoms with Crippen molar-refractivity contribution in [2.75, 3.05) is 31.6 Å². The molecule has 0 atom stereocenters. The quantitative estimate of drug-likeness (QED) is 0.768. The van der Waals surface area contributed by atoms with Gasteiger partial charge in [-0.2, -0.15) is 0 Å². The van der Waals surface area contributed by atoms with Gasteiger partial charge >= 0.3 is 0 Å². The molecule has 0 bridgehead atoms. The van der Waals surface area contributed by atoms with Crippen LogP contribution in [0.2, 0.25) is 0 Å². The topological polar surface area (TPSA) is 75.9 Å². The highest BCUT2D eigenvalue weighted by Gasteiger charge is 2.18. The van der Waals surface area contributed by atoms with Crippen molar-refractivity contribution < 1.29 is 14.3 Å². The van der Waals surface area contributed by atoms with Crippen LogP contribution in [0.5, 0.6) is 0 Å². The maximum Gasteiger partial charge on any atom is 0.254 e. The Morgan fingerprint density at radius 3 is 2.59 bits per heavy atom. The zero-order chi connectivity index (χ0) is 18.6. The monoisotopic (exact) mass is 364 g/mol. The van der Waals surface area contributed by atoms with Crippen LogP contribution in [-0.4, -0.2) is 52.4 Å². The lowest BCUT2D eigenvalue weighted by Crippen LogP contribution is -2.40. The Labute approximate surface area is 156 Å². The summed E-state index contributed by atoms with van der Waals surface area (Å²) < 4.78 is 7.15. The molecule has 0 saturated carbocycles. The van der Waals surface area contributed by atoms with Gasteiger partial charge in [0.15, 0.2) is 0 Å². The van der Waals surface area contributed by atoms with Gasteiger partial charge in [0.2, 0.25) is 5.91 Å². The van der Waals surface area contributed by atoms with Crippen molar-refractivity contribution >= 4 is 23.1 Å². The number of pyridine rings is 1. The third-order valence-corrected chi connectivity index (χ3v) is 4.47. The minimum atomic E-state index is -0.148. The van der Waals surface area contributed by atoms with Gasteiger partial charge in [-0.15, -0.1) is 0 Å². The molecular formula is C20H20N4O3. The zero-order valence-corrected chi connectivity index (χ0v) is 14.8. The van der Waals surface area contributed by atoms with E-state index in [9.17, 15) is 9.59 Å². The molecule has 7 heteroatoms. The molecule has 1 aliphatic heterocycles. The molecule has 7 nitrogen and oxygen atoms in total. The lowest BCUT2D eigenvalue weighted by molar-refractivity contribution is -0.115. The second-order valence-electron chi connectivity index (χ2n) is 6.41. The van der Waals surface area contributed by atoms with Crippen LogP contribution in [0.3, 0.4) is 0 Å². The summed E-state index contributed by atoms with van der Waals surface area (Å²) in [7, 11) is 0. The van der Waals surface area contributed by atoms with Crippen LogP contribution < -0.4 is 5.32 Å². The van der Waals surface area contributed by atoms with Gasteiger partial charge in [-0.3, -0.25) is 9.59 Å². The number of fused-ring (bicyclic) bond motifs is 1. The fourth-order valence-corrected chi connectivity index (χ4v) is 3.09. The van der Waals surface area contributed by atoms with Crippen LogP contribution in [0.15, 0.2) is 54.9 Å². The molecule has 1 aliphatic rings. The molecule has 0 unspecified atom stereocenters. The lowest BCUT2D eigenvalue weighted by Gasteiger charge is -2.26. The number of benzene rings is 1. The van der Waals surface area contributed by atoms with Crippen molar-refractivity contribution in [1.29, 1.82) is 0 Å². The van der Waals surface area contributed by atoms with Crippen molar-refractivity contribution in [2.24, 2.45) is 0 Å². The van der Waals surface area contributed by atoms with E-state index in [0.29, 0.717) is 43.2 Å². The van der Waals surface area contributed by atoms with Gasteiger partial charge in [-0.25, -0.2) is 4.98 Å². The first kappa shape index (κ1) is 17.2. The average Bonchev–Trinajstić information content (AvgIpc) is 3.10. The number of amides is 2. The molecule has 27 heavy (non-hydrogen) atoms. The van der Waals surface area contributed by atoms with Gasteiger partial charge in [0.25, 0.3) is 5.91 Å². The first-order chi connectivity index (χ1) is 13.2. The molecule has 1 fully saturated rings. The van der Waals surface area contributed by atoms with Gasteiger partial charge in [0, 0.05) is 36.7 Å². The Morgan fingerprint density at radius 1 is 1.07 bits per heavy atom. The van der Waals surface area contributed by atoms with Crippen molar-refractivity contribution in [3.05, 3.63) is 66.1 Å². The van der Waals surface area contributed by atoms with Crippen LogP contribution in [0, 0.1) is 0 Å². The number of morpholine rings is 1. The summed E-state index contributed by atoms with van der Waals surface area (Å²) in [5, 5.41) is 2.85. The number of nitrogens with one attached hydrogen (secondary N) is 1. The van der Waals surface area contributed by atoms with Crippen molar-refractivity contribution in [2.45, 2.75) is 6.42 Å². The molecule has 0 aliphatic carbocycles. The molecule has 138 valence electrons. The number of nitrogens with zero attached hydrogens (tertiary/aromatic N) is 3. The molecule has 2 aromatic heterocycles. The highest BCUT2D eigenvalue weighted by Crippen LogP contribution is 2.13. The Morgan fingerprint density at radius 2 is 1.85 bits per heavy atom. The predicted molar refractivity (Wildman–Crippen MR) is 101 cm³/mol. The second-order valence-corrected chi connectivity index (χ2v) is 6.41. The van der Waals surface area contributed by atoms with E-state index >= 15 is 0 Å². The Balaban J connectivity index is 1.37. The van der Waals surface area contributed by atoms with Crippen LogP contribution in [-0.2, 0) is 16.0 Å². The normalized spacial score (nSPS) is 14.3. The molecule has 1 saturated heterocycles. The van der Waals surface area contributed by atoms with E-state index < -0.39 is 0 Å². The summed E-state index contributed by atoms with van der Waals surface area (Å²) >= 11 is 0. The van der Waals surface area contributed by atoms with Gasteiger partial charge in [0.1, 0.15) is 5.65 Å². The fourth-order valence-electron chi connectivity index (χ4n) is 3.09. The Kier molecular flexibility index (Phi) is 4.84. The van der Waals surface area contributed by atoms with Crippen molar-refractivity contribution in [3.63, 3.8) is 0 Å². The number of carbonyl (C=O) groups excluding carboxylic acids is 2. The fraction of sp³-hybridized carbons (Fsp3) is 0.250. The molecule has 3 aromatic rings. The average molecular weight is 364 g/mol. The molecule has 1 aromatic carbocycles. The first-order valence-electron chi connectivity index (χ1n) is 8.88.